The van der Waals surface area contributed by atoms with E-state index in [4.69, 9.17) is 9.84 Å². The third-order valence-corrected chi connectivity index (χ3v) is 10.1. The molecule has 0 saturated heterocycles. The van der Waals surface area contributed by atoms with Crippen molar-refractivity contribution in [1.29, 1.82) is 0 Å². The van der Waals surface area contributed by atoms with Gasteiger partial charge in [-0.05, 0) is 79.0 Å². The summed E-state index contributed by atoms with van der Waals surface area (Å²) in [6.45, 7) is 5.94. The number of carbonyl (C=O) groups excluding carboxylic acids is 2. The van der Waals surface area contributed by atoms with Crippen molar-refractivity contribution >= 4 is 23.4 Å². The van der Waals surface area contributed by atoms with Crippen molar-refractivity contribution in [1.82, 2.24) is 29.4 Å². The molecule has 0 spiro atoms. The van der Waals surface area contributed by atoms with Crippen molar-refractivity contribution in [3.63, 3.8) is 0 Å². The van der Waals surface area contributed by atoms with Crippen LogP contribution in [0.15, 0.2) is 42.5 Å². The molecule has 3 heterocycles. The zero-order valence-corrected chi connectivity index (χ0v) is 29.1. The van der Waals surface area contributed by atoms with Crippen molar-refractivity contribution in [3.8, 4) is 11.4 Å². The Balaban J connectivity index is 1.02. The van der Waals surface area contributed by atoms with Crippen LogP contribution in [0.4, 0.5) is 29.5 Å². The van der Waals surface area contributed by atoms with E-state index in [1.54, 1.807) is 16.8 Å². The van der Waals surface area contributed by atoms with Gasteiger partial charge in [-0.25, -0.2) is 9.48 Å². The number of halogens is 3. The fraction of sp³-hybridized carbons (Fsp3) is 0.486. The van der Waals surface area contributed by atoms with E-state index in [0.717, 1.165) is 46.3 Å². The van der Waals surface area contributed by atoms with Gasteiger partial charge in [0.05, 0.1) is 17.9 Å². The normalized spacial score (nSPS) is 16.5. The second kappa shape index (κ2) is 13.7. The summed E-state index contributed by atoms with van der Waals surface area (Å²) in [5, 5.41) is 17.8. The third-order valence-electron chi connectivity index (χ3n) is 10.1. The molecule has 2 aliphatic carbocycles. The molecular weight excluding hydrogens is 661 g/mol. The summed E-state index contributed by atoms with van der Waals surface area (Å²) in [6, 6.07) is 13.5. The van der Waals surface area contributed by atoms with E-state index < -0.39 is 18.0 Å². The molecular formula is C37H43F3N8O3. The van der Waals surface area contributed by atoms with Crippen LogP contribution in [0.1, 0.15) is 99.2 Å². The predicted molar refractivity (Wildman–Crippen MR) is 185 cm³/mol. The van der Waals surface area contributed by atoms with E-state index in [1.807, 2.05) is 6.07 Å². The number of nitrogens with zero attached hydrogens (tertiary/aromatic N) is 6. The molecule has 51 heavy (non-hydrogen) atoms. The van der Waals surface area contributed by atoms with Gasteiger partial charge in [-0.3, -0.25) is 10.1 Å². The van der Waals surface area contributed by atoms with Gasteiger partial charge < -0.3 is 19.5 Å². The molecule has 1 saturated carbocycles. The number of hydrogen-bond donors (Lipinski definition) is 2. The molecule has 7 rings (SSSR count). The number of nitrogens with one attached hydrogen (secondary N) is 2. The van der Waals surface area contributed by atoms with Crippen LogP contribution in [0.3, 0.4) is 0 Å². The standard InChI is InChI=1S/C37H43F3N8O3/c1-36(2,3)30-20-31(48(45-30)25-14-12-24(13-15-25)23-8-5-4-6-9-23)42-35(50)41-28-16-17-29(27-11-7-10-26(27)28)51-22-33(49)46-18-19-47-32(21-46)43-44-34(47)37(38,39)40/h12-17,20,23H,4-11,18-19,21-22H2,1-3H3,(H2,41,42,50). The van der Waals surface area contributed by atoms with Crippen LogP contribution in [-0.4, -0.2) is 54.5 Å². The maximum Gasteiger partial charge on any atom is 0.451 e. The van der Waals surface area contributed by atoms with Crippen LogP contribution < -0.4 is 15.4 Å². The van der Waals surface area contributed by atoms with E-state index in [9.17, 15) is 22.8 Å². The van der Waals surface area contributed by atoms with Crippen molar-refractivity contribution in [3.05, 3.63) is 76.5 Å². The van der Waals surface area contributed by atoms with Crippen LogP contribution in [0, 0.1) is 0 Å². The van der Waals surface area contributed by atoms with Gasteiger partial charge in [-0.15, -0.1) is 10.2 Å². The maximum absolute atomic E-state index is 13.5. The fourth-order valence-electron chi connectivity index (χ4n) is 7.36. The number of anilines is 2. The van der Waals surface area contributed by atoms with Gasteiger partial charge in [0.25, 0.3) is 5.91 Å². The molecule has 0 unspecified atom stereocenters. The van der Waals surface area contributed by atoms with Gasteiger partial charge >= 0.3 is 12.2 Å². The highest BCUT2D eigenvalue weighted by Gasteiger charge is 2.40. The van der Waals surface area contributed by atoms with Gasteiger partial charge in [0, 0.05) is 30.3 Å². The second-order valence-electron chi connectivity index (χ2n) is 14.7. The van der Waals surface area contributed by atoms with Crippen LogP contribution >= 0.6 is 0 Å². The molecule has 4 aromatic rings. The number of urea groups is 1. The Morgan fingerprint density at radius 2 is 1.65 bits per heavy atom. The minimum Gasteiger partial charge on any atom is -0.483 e. The van der Waals surface area contributed by atoms with Crippen LogP contribution in [0.5, 0.6) is 5.75 Å². The molecule has 270 valence electrons. The monoisotopic (exact) mass is 704 g/mol. The predicted octanol–water partition coefficient (Wildman–Crippen LogP) is 7.38. The maximum atomic E-state index is 13.5. The number of fused-ring (bicyclic) bond motifs is 2. The Hall–Kier alpha value is -4.88. The third kappa shape index (κ3) is 7.31. The van der Waals surface area contributed by atoms with Gasteiger partial charge in [0.1, 0.15) is 11.6 Å². The molecule has 3 aliphatic rings. The van der Waals surface area contributed by atoms with Crippen molar-refractivity contribution in [2.24, 2.45) is 0 Å². The number of alkyl halides is 3. The van der Waals surface area contributed by atoms with E-state index in [-0.39, 0.29) is 43.4 Å². The number of rotatable bonds is 7. The average molecular weight is 705 g/mol. The Kier molecular flexibility index (Phi) is 9.27. The number of ether oxygens (including phenoxy) is 1. The molecule has 2 aromatic carbocycles. The first kappa shape index (κ1) is 34.6. The van der Waals surface area contributed by atoms with Gasteiger partial charge in [0.15, 0.2) is 12.4 Å². The summed E-state index contributed by atoms with van der Waals surface area (Å²) in [5.74, 6) is 0.366. The lowest BCUT2D eigenvalue weighted by Gasteiger charge is -2.28. The highest BCUT2D eigenvalue weighted by molar-refractivity contribution is 6.00. The van der Waals surface area contributed by atoms with Gasteiger partial charge in [-0.2, -0.15) is 18.3 Å². The smallest absolute Gasteiger partial charge is 0.451 e. The Bertz CT molecular complexity index is 1920. The highest BCUT2D eigenvalue weighted by atomic mass is 19.4. The molecule has 0 radical (unpaired) electrons. The summed E-state index contributed by atoms with van der Waals surface area (Å²) in [5.41, 5.74) is 5.36. The topological polar surface area (TPSA) is 119 Å². The molecule has 3 amide bonds. The van der Waals surface area contributed by atoms with Crippen molar-refractivity contribution in [2.45, 2.75) is 103 Å². The minimum absolute atomic E-state index is 0.0499. The Labute approximate surface area is 294 Å². The van der Waals surface area contributed by atoms with Crippen molar-refractivity contribution < 1.29 is 27.5 Å². The van der Waals surface area contributed by atoms with E-state index >= 15 is 0 Å². The molecule has 1 aliphatic heterocycles. The number of benzene rings is 2. The number of aromatic nitrogens is 5. The number of carbonyl (C=O) groups is 2. The zero-order chi connectivity index (χ0) is 35.9. The highest BCUT2D eigenvalue weighted by Crippen LogP contribution is 2.37. The Morgan fingerprint density at radius 3 is 2.37 bits per heavy atom. The molecule has 2 aromatic heterocycles. The lowest BCUT2D eigenvalue weighted by molar-refractivity contribution is -0.148. The number of hydrogen-bond acceptors (Lipinski definition) is 6. The lowest BCUT2D eigenvalue weighted by Crippen LogP contribution is -2.41. The molecule has 1 fully saturated rings. The summed E-state index contributed by atoms with van der Waals surface area (Å²) < 4.78 is 48.4. The minimum atomic E-state index is -4.61. The van der Waals surface area contributed by atoms with E-state index in [2.05, 4.69) is 65.9 Å². The second-order valence-corrected chi connectivity index (χ2v) is 14.7. The summed E-state index contributed by atoms with van der Waals surface area (Å²) in [7, 11) is 0. The number of amides is 3. The van der Waals surface area contributed by atoms with Crippen LogP contribution in [-0.2, 0) is 42.3 Å². The average Bonchev–Trinajstić information content (AvgIpc) is 3.87. The summed E-state index contributed by atoms with van der Waals surface area (Å²) >= 11 is 0. The zero-order valence-electron chi connectivity index (χ0n) is 29.1. The van der Waals surface area contributed by atoms with E-state index in [0.29, 0.717) is 23.2 Å². The first-order valence-electron chi connectivity index (χ1n) is 17.7. The molecule has 2 N–H and O–H groups in total. The molecule has 11 nitrogen and oxygen atoms in total. The van der Waals surface area contributed by atoms with Crippen LogP contribution in [0.25, 0.3) is 5.69 Å². The molecule has 14 heteroatoms. The molecule has 0 atom stereocenters. The van der Waals surface area contributed by atoms with Crippen molar-refractivity contribution in [2.75, 3.05) is 23.8 Å². The first-order chi connectivity index (χ1) is 24.3. The lowest BCUT2D eigenvalue weighted by atomic mass is 9.84. The fourth-order valence-corrected chi connectivity index (χ4v) is 7.36. The Morgan fingerprint density at radius 1 is 0.902 bits per heavy atom. The first-order valence-corrected chi connectivity index (χ1v) is 17.7. The molecule has 0 bridgehead atoms. The quantitative estimate of drug-likeness (QED) is 0.207. The van der Waals surface area contributed by atoms with E-state index in [1.165, 1.54) is 42.6 Å². The SMILES string of the molecule is CC(C)(C)c1cc(NC(=O)Nc2ccc(OCC(=O)N3CCn4c(nnc4C(F)(F)F)C3)c3c2CCC3)n(-c2ccc(C3CCCCC3)cc2)n1. The van der Waals surface area contributed by atoms with Crippen LogP contribution in [0.2, 0.25) is 0 Å². The summed E-state index contributed by atoms with van der Waals surface area (Å²) in [4.78, 5) is 27.9. The largest absolute Gasteiger partial charge is 0.483 e. The van der Waals surface area contributed by atoms with Gasteiger partial charge in [0.2, 0.25) is 5.82 Å². The van der Waals surface area contributed by atoms with Gasteiger partial charge in [-0.1, -0.05) is 52.2 Å². The summed E-state index contributed by atoms with van der Waals surface area (Å²) in [6.07, 6.45) is 4.01.